The second-order valence-electron chi connectivity index (χ2n) is 7.10. The predicted molar refractivity (Wildman–Crippen MR) is 92.1 cm³/mol. The van der Waals surface area contributed by atoms with Crippen molar-refractivity contribution in [1.82, 2.24) is 0 Å². The highest BCUT2D eigenvalue weighted by atomic mass is 16.6. The molecule has 0 spiro atoms. The zero-order chi connectivity index (χ0) is 18.3. The van der Waals surface area contributed by atoms with Crippen LogP contribution in [-0.4, -0.2) is 30.8 Å². The van der Waals surface area contributed by atoms with Crippen LogP contribution in [0.3, 0.4) is 0 Å². The Kier molecular flexibility index (Phi) is 7.26. The normalized spacial score (nSPS) is 17.8. The summed E-state index contributed by atoms with van der Waals surface area (Å²) in [6, 6.07) is 0. The summed E-state index contributed by atoms with van der Waals surface area (Å²) in [4.78, 5) is 23.1. The van der Waals surface area contributed by atoms with E-state index in [1.165, 1.54) is 0 Å². The lowest BCUT2D eigenvalue weighted by atomic mass is 9.89. The van der Waals surface area contributed by atoms with E-state index in [1.54, 1.807) is 6.92 Å². The van der Waals surface area contributed by atoms with E-state index in [0.29, 0.717) is 30.8 Å². The van der Waals surface area contributed by atoms with Gasteiger partial charge in [0.05, 0.1) is 12.4 Å². The minimum absolute atomic E-state index is 0.117. The summed E-state index contributed by atoms with van der Waals surface area (Å²) < 4.78 is 15.9. The van der Waals surface area contributed by atoms with Crippen LogP contribution in [0.4, 0.5) is 0 Å². The molecule has 0 amide bonds. The molecule has 0 saturated carbocycles. The zero-order valence-corrected chi connectivity index (χ0v) is 15.1. The van der Waals surface area contributed by atoms with Crippen LogP contribution < -0.4 is 0 Å². The Morgan fingerprint density at radius 3 is 2.58 bits per heavy atom. The molecule has 0 fully saturated rings. The van der Waals surface area contributed by atoms with Crippen LogP contribution >= 0.6 is 0 Å². The standard InChI is InChI=1S/C19H28O5/c1-13(2)18(21)22-8-7-15-9-14(3)10-16(11-15)23-12-17(20)24-19(4,5)6/h11,15H,1,3,7-10,12H2,2,4-6H3. The van der Waals surface area contributed by atoms with Crippen molar-refractivity contribution in [2.45, 2.75) is 52.6 Å². The molecule has 5 heteroatoms. The largest absolute Gasteiger partial charge is 0.486 e. The quantitative estimate of drug-likeness (QED) is 0.403. The van der Waals surface area contributed by atoms with Gasteiger partial charge in [-0.3, -0.25) is 0 Å². The van der Waals surface area contributed by atoms with Crippen molar-refractivity contribution in [2.24, 2.45) is 5.92 Å². The summed E-state index contributed by atoms with van der Waals surface area (Å²) >= 11 is 0. The smallest absolute Gasteiger partial charge is 0.344 e. The molecule has 0 aliphatic heterocycles. The second-order valence-corrected chi connectivity index (χ2v) is 7.10. The van der Waals surface area contributed by atoms with E-state index in [2.05, 4.69) is 13.2 Å². The average molecular weight is 336 g/mol. The Bertz CT molecular complexity index is 536. The number of ether oxygens (including phenoxy) is 3. The molecule has 0 saturated heterocycles. The summed E-state index contributed by atoms with van der Waals surface area (Å²) in [7, 11) is 0. The number of carbonyl (C=O) groups is 2. The third-order valence-electron chi connectivity index (χ3n) is 3.26. The fraction of sp³-hybridized carbons (Fsp3) is 0.579. The van der Waals surface area contributed by atoms with Gasteiger partial charge in [0.2, 0.25) is 0 Å². The maximum atomic E-state index is 11.7. The van der Waals surface area contributed by atoms with E-state index in [0.717, 1.165) is 12.0 Å². The summed E-state index contributed by atoms with van der Waals surface area (Å²) in [6.07, 6.45) is 4.10. The third kappa shape index (κ3) is 7.99. The van der Waals surface area contributed by atoms with Gasteiger partial charge in [-0.1, -0.05) is 18.7 Å². The van der Waals surface area contributed by atoms with Crippen molar-refractivity contribution < 1.29 is 23.8 Å². The van der Waals surface area contributed by atoms with Gasteiger partial charge < -0.3 is 14.2 Å². The van der Waals surface area contributed by atoms with E-state index in [-0.39, 0.29) is 18.5 Å². The number of allylic oxidation sites excluding steroid dienone is 2. The predicted octanol–water partition coefficient (Wildman–Crippen LogP) is 3.70. The van der Waals surface area contributed by atoms with Crippen molar-refractivity contribution in [3.8, 4) is 0 Å². The molecule has 24 heavy (non-hydrogen) atoms. The van der Waals surface area contributed by atoms with Gasteiger partial charge in [0.25, 0.3) is 0 Å². The molecule has 0 bridgehead atoms. The van der Waals surface area contributed by atoms with Gasteiger partial charge in [-0.05, 0) is 52.5 Å². The summed E-state index contributed by atoms with van der Waals surface area (Å²) in [5.41, 5.74) is 0.897. The zero-order valence-electron chi connectivity index (χ0n) is 15.1. The molecular weight excluding hydrogens is 308 g/mol. The highest BCUT2D eigenvalue weighted by molar-refractivity contribution is 5.86. The molecular formula is C19H28O5. The molecule has 0 aromatic heterocycles. The lowest BCUT2D eigenvalue weighted by Crippen LogP contribution is -2.26. The van der Waals surface area contributed by atoms with Crippen molar-refractivity contribution in [1.29, 1.82) is 0 Å². The topological polar surface area (TPSA) is 61.8 Å². The molecule has 0 heterocycles. The average Bonchev–Trinajstić information content (AvgIpc) is 2.42. The molecule has 134 valence electrons. The first-order valence-electron chi connectivity index (χ1n) is 8.11. The number of rotatable bonds is 7. The van der Waals surface area contributed by atoms with Gasteiger partial charge >= 0.3 is 11.9 Å². The minimum atomic E-state index is -0.527. The summed E-state index contributed by atoms with van der Waals surface area (Å²) in [5, 5.41) is 0. The first-order chi connectivity index (χ1) is 11.1. The van der Waals surface area contributed by atoms with Crippen LogP contribution in [0, 0.1) is 5.92 Å². The van der Waals surface area contributed by atoms with Crippen LogP contribution in [0.5, 0.6) is 0 Å². The lowest BCUT2D eigenvalue weighted by molar-refractivity contribution is -0.159. The van der Waals surface area contributed by atoms with E-state index >= 15 is 0 Å². The SMILES string of the molecule is C=C1CC(OCC(=O)OC(C)(C)C)=CC(CCOC(=O)C(=C)C)C1. The van der Waals surface area contributed by atoms with Crippen LogP contribution in [0.1, 0.15) is 47.0 Å². The van der Waals surface area contributed by atoms with Gasteiger partial charge in [0.1, 0.15) is 5.60 Å². The molecule has 1 rings (SSSR count). The Morgan fingerprint density at radius 1 is 1.33 bits per heavy atom. The first-order valence-corrected chi connectivity index (χ1v) is 8.11. The second kappa shape index (κ2) is 8.71. The minimum Gasteiger partial charge on any atom is -0.486 e. The van der Waals surface area contributed by atoms with E-state index in [1.807, 2.05) is 26.8 Å². The molecule has 0 radical (unpaired) electrons. The van der Waals surface area contributed by atoms with Gasteiger partial charge in [-0.25, -0.2) is 9.59 Å². The lowest BCUT2D eigenvalue weighted by Gasteiger charge is -2.24. The Labute approximate surface area is 144 Å². The Morgan fingerprint density at radius 2 is 2.00 bits per heavy atom. The van der Waals surface area contributed by atoms with Crippen molar-refractivity contribution in [2.75, 3.05) is 13.2 Å². The molecule has 1 aliphatic carbocycles. The molecule has 0 aromatic carbocycles. The first kappa shape index (κ1) is 20.0. The number of hydrogen-bond donors (Lipinski definition) is 0. The maximum Gasteiger partial charge on any atom is 0.344 e. The van der Waals surface area contributed by atoms with Crippen molar-refractivity contribution >= 4 is 11.9 Å². The molecule has 1 atom stereocenters. The monoisotopic (exact) mass is 336 g/mol. The Hall–Kier alpha value is -2.04. The number of esters is 2. The van der Waals surface area contributed by atoms with Gasteiger partial charge in [0.15, 0.2) is 6.61 Å². The maximum absolute atomic E-state index is 11.7. The van der Waals surface area contributed by atoms with Crippen molar-refractivity contribution in [3.05, 3.63) is 36.1 Å². The number of carbonyl (C=O) groups excluding carboxylic acids is 2. The van der Waals surface area contributed by atoms with E-state index in [4.69, 9.17) is 14.2 Å². The summed E-state index contributed by atoms with van der Waals surface area (Å²) in [6.45, 7) is 14.8. The van der Waals surface area contributed by atoms with Crippen molar-refractivity contribution in [3.63, 3.8) is 0 Å². The van der Waals surface area contributed by atoms with Gasteiger partial charge in [-0.2, -0.15) is 0 Å². The number of hydrogen-bond acceptors (Lipinski definition) is 5. The van der Waals surface area contributed by atoms with E-state index in [9.17, 15) is 9.59 Å². The fourth-order valence-corrected chi connectivity index (χ4v) is 2.30. The van der Waals surface area contributed by atoms with Crippen LogP contribution in [0.2, 0.25) is 0 Å². The highest BCUT2D eigenvalue weighted by Gasteiger charge is 2.20. The molecule has 5 nitrogen and oxygen atoms in total. The van der Waals surface area contributed by atoms with Crippen LogP contribution in [-0.2, 0) is 23.8 Å². The molecule has 1 unspecified atom stereocenters. The fourth-order valence-electron chi connectivity index (χ4n) is 2.30. The molecule has 0 N–H and O–H groups in total. The molecule has 0 aromatic rings. The van der Waals surface area contributed by atoms with Crippen LogP contribution in [0.15, 0.2) is 36.1 Å². The highest BCUT2D eigenvalue weighted by Crippen LogP contribution is 2.29. The third-order valence-corrected chi connectivity index (χ3v) is 3.26. The van der Waals surface area contributed by atoms with E-state index < -0.39 is 11.6 Å². The van der Waals surface area contributed by atoms with Gasteiger partial charge in [0, 0.05) is 12.0 Å². The summed E-state index contributed by atoms with van der Waals surface area (Å²) in [5.74, 6) is 0.118. The molecule has 1 aliphatic rings. The Balaban J connectivity index is 2.47. The van der Waals surface area contributed by atoms with Gasteiger partial charge in [-0.15, -0.1) is 0 Å². The van der Waals surface area contributed by atoms with Crippen LogP contribution in [0.25, 0.3) is 0 Å².